The highest BCUT2D eigenvalue weighted by atomic mass is 16.3. The van der Waals surface area contributed by atoms with Crippen molar-refractivity contribution in [3.05, 3.63) is 157 Å². The average Bonchev–Trinajstić information content (AvgIpc) is 3.90. The predicted molar refractivity (Wildman–Crippen MR) is 210 cm³/mol. The first-order chi connectivity index (χ1) is 26.2. The van der Waals surface area contributed by atoms with Crippen LogP contribution in [0.3, 0.4) is 0 Å². The SMILES string of the molecule is N#Cc1cc(-n2c3ccccc3c3ccc4oc5ccccc5c4c32)c2c(oc3ccccc32)c1-c1nc(-c2ccccc2)nc(-c2ccccc2)n1. The summed E-state index contributed by atoms with van der Waals surface area (Å²) >= 11 is 0. The molecular weight excluding hydrogens is 655 g/mol. The number of hydrogen-bond donors (Lipinski definition) is 0. The highest BCUT2D eigenvalue weighted by Crippen LogP contribution is 2.46. The maximum atomic E-state index is 11.0. The van der Waals surface area contributed by atoms with Crippen LogP contribution in [0.2, 0.25) is 0 Å². The molecule has 0 aliphatic carbocycles. The molecule has 0 aliphatic heterocycles. The van der Waals surface area contributed by atoms with Gasteiger partial charge in [0.25, 0.3) is 0 Å². The summed E-state index contributed by atoms with van der Waals surface area (Å²) in [5, 5.41) is 17.0. The topological polar surface area (TPSA) is 93.7 Å². The Morgan fingerprint density at radius 2 is 1.06 bits per heavy atom. The van der Waals surface area contributed by atoms with Gasteiger partial charge in [0, 0.05) is 32.7 Å². The quantitative estimate of drug-likeness (QED) is 0.184. The van der Waals surface area contributed by atoms with E-state index in [0.717, 1.165) is 71.3 Å². The smallest absolute Gasteiger partial charge is 0.169 e. The summed E-state index contributed by atoms with van der Waals surface area (Å²) in [6, 6.07) is 52.8. The lowest BCUT2D eigenvalue weighted by Crippen LogP contribution is -2.03. The van der Waals surface area contributed by atoms with E-state index in [0.29, 0.717) is 39.8 Å². The summed E-state index contributed by atoms with van der Waals surface area (Å²) in [5.74, 6) is 1.36. The van der Waals surface area contributed by atoms with E-state index in [4.69, 9.17) is 23.8 Å². The van der Waals surface area contributed by atoms with E-state index in [1.807, 2.05) is 109 Å². The highest BCUT2D eigenvalue weighted by Gasteiger charge is 2.27. The van der Waals surface area contributed by atoms with Gasteiger partial charge in [-0.25, -0.2) is 15.0 Å². The lowest BCUT2D eigenvalue weighted by Gasteiger charge is -2.14. The Hall–Kier alpha value is -7.56. The van der Waals surface area contributed by atoms with Gasteiger partial charge in [0.2, 0.25) is 0 Å². The monoisotopic (exact) mass is 679 g/mol. The molecule has 7 heteroatoms. The maximum absolute atomic E-state index is 11.0. The van der Waals surface area contributed by atoms with Crippen molar-refractivity contribution in [2.24, 2.45) is 0 Å². The maximum Gasteiger partial charge on any atom is 0.169 e. The molecule has 0 spiro atoms. The molecule has 0 saturated carbocycles. The third kappa shape index (κ3) is 4.30. The van der Waals surface area contributed by atoms with Crippen LogP contribution in [0.5, 0.6) is 0 Å². The van der Waals surface area contributed by atoms with Crippen LogP contribution in [-0.4, -0.2) is 19.5 Å². The van der Waals surface area contributed by atoms with Crippen molar-refractivity contribution < 1.29 is 8.83 Å². The molecule has 11 aromatic rings. The molecule has 0 amide bonds. The number of nitriles is 1. The van der Waals surface area contributed by atoms with Gasteiger partial charge in [-0.05, 0) is 36.4 Å². The third-order valence-corrected chi connectivity index (χ3v) is 10.1. The lowest BCUT2D eigenvalue weighted by atomic mass is 10.00. The number of furan rings is 2. The number of fused-ring (bicyclic) bond motifs is 10. The van der Waals surface area contributed by atoms with Crippen molar-refractivity contribution in [1.82, 2.24) is 19.5 Å². The third-order valence-electron chi connectivity index (χ3n) is 10.1. The van der Waals surface area contributed by atoms with Crippen LogP contribution in [0.15, 0.2) is 160 Å². The van der Waals surface area contributed by atoms with Crippen molar-refractivity contribution in [3.8, 4) is 45.9 Å². The van der Waals surface area contributed by atoms with Crippen LogP contribution in [0, 0.1) is 11.3 Å². The Balaban J connectivity index is 1.30. The van der Waals surface area contributed by atoms with Gasteiger partial charge in [-0.1, -0.05) is 115 Å². The van der Waals surface area contributed by atoms with Gasteiger partial charge in [0.15, 0.2) is 17.5 Å². The summed E-state index contributed by atoms with van der Waals surface area (Å²) in [6.45, 7) is 0. The zero-order valence-corrected chi connectivity index (χ0v) is 28.0. The minimum absolute atomic E-state index is 0.357. The molecule has 246 valence electrons. The summed E-state index contributed by atoms with van der Waals surface area (Å²) in [4.78, 5) is 15.0. The molecule has 53 heavy (non-hydrogen) atoms. The lowest BCUT2D eigenvalue weighted by molar-refractivity contribution is 0.669. The number of benzene rings is 7. The Bertz CT molecular complexity index is 3240. The van der Waals surface area contributed by atoms with Gasteiger partial charge in [-0.2, -0.15) is 5.26 Å². The van der Waals surface area contributed by atoms with Gasteiger partial charge in [-0.15, -0.1) is 0 Å². The Morgan fingerprint density at radius 3 is 1.74 bits per heavy atom. The summed E-state index contributed by atoms with van der Waals surface area (Å²) in [5.41, 5.74) is 8.21. The van der Waals surface area contributed by atoms with Crippen LogP contribution in [-0.2, 0) is 0 Å². The van der Waals surface area contributed by atoms with E-state index in [9.17, 15) is 5.26 Å². The van der Waals surface area contributed by atoms with Gasteiger partial charge in [-0.3, -0.25) is 0 Å². The van der Waals surface area contributed by atoms with Crippen LogP contribution in [0.4, 0.5) is 0 Å². The second-order valence-corrected chi connectivity index (χ2v) is 13.1. The van der Waals surface area contributed by atoms with E-state index in [2.05, 4.69) is 53.1 Å². The second-order valence-electron chi connectivity index (χ2n) is 13.1. The molecule has 0 bridgehead atoms. The Kier molecular flexibility index (Phi) is 6.18. The number of rotatable bonds is 4. The van der Waals surface area contributed by atoms with Gasteiger partial charge in [0.1, 0.15) is 28.4 Å². The first kappa shape index (κ1) is 29.2. The fraction of sp³-hybridized carbons (Fsp3) is 0. The average molecular weight is 680 g/mol. The number of para-hydroxylation sites is 3. The molecule has 7 nitrogen and oxygen atoms in total. The molecule has 0 saturated heterocycles. The van der Waals surface area contributed by atoms with Crippen molar-refractivity contribution in [2.45, 2.75) is 0 Å². The first-order valence-electron chi connectivity index (χ1n) is 17.3. The number of nitrogens with zero attached hydrogens (tertiary/aromatic N) is 5. The van der Waals surface area contributed by atoms with Gasteiger partial charge < -0.3 is 13.4 Å². The van der Waals surface area contributed by atoms with E-state index in [-0.39, 0.29) is 0 Å². The Morgan fingerprint density at radius 1 is 0.491 bits per heavy atom. The van der Waals surface area contributed by atoms with Crippen molar-refractivity contribution in [3.63, 3.8) is 0 Å². The summed E-state index contributed by atoms with van der Waals surface area (Å²) < 4.78 is 15.5. The fourth-order valence-electron chi connectivity index (χ4n) is 7.80. The molecule has 0 radical (unpaired) electrons. The molecule has 4 heterocycles. The number of hydrogen-bond acceptors (Lipinski definition) is 6. The fourth-order valence-corrected chi connectivity index (χ4v) is 7.80. The van der Waals surface area contributed by atoms with E-state index in [1.165, 1.54) is 0 Å². The van der Waals surface area contributed by atoms with E-state index < -0.39 is 0 Å². The Labute approximate surface area is 301 Å². The minimum atomic E-state index is 0.357. The van der Waals surface area contributed by atoms with Crippen LogP contribution in [0.25, 0.3) is 106 Å². The molecule has 0 unspecified atom stereocenters. The molecule has 0 atom stereocenters. The molecule has 0 fully saturated rings. The minimum Gasteiger partial charge on any atom is -0.456 e. The summed E-state index contributed by atoms with van der Waals surface area (Å²) in [6.07, 6.45) is 0. The molecule has 7 aromatic carbocycles. The standard InChI is InChI=1S/C46H25N5O2/c47-26-29-25-35(51-34-20-10-7-17-30(34)31-23-24-38-41(42(31)51)33-19-9-11-21-36(33)52-38)40-32-18-8-12-22-37(32)53-43(40)39(29)46-49-44(27-13-3-1-4-14-27)48-45(50-46)28-15-5-2-6-16-28/h1-25H. The predicted octanol–water partition coefficient (Wildman–Crippen LogP) is 11.6. The van der Waals surface area contributed by atoms with E-state index >= 15 is 0 Å². The highest BCUT2D eigenvalue weighted by molar-refractivity contribution is 6.26. The largest absolute Gasteiger partial charge is 0.456 e. The first-order valence-corrected chi connectivity index (χ1v) is 17.3. The normalized spacial score (nSPS) is 11.8. The van der Waals surface area contributed by atoms with Crippen LogP contribution >= 0.6 is 0 Å². The van der Waals surface area contributed by atoms with Crippen molar-refractivity contribution in [2.75, 3.05) is 0 Å². The summed E-state index contributed by atoms with van der Waals surface area (Å²) in [7, 11) is 0. The van der Waals surface area contributed by atoms with Gasteiger partial charge >= 0.3 is 0 Å². The molecule has 4 aromatic heterocycles. The molecule has 0 N–H and O–H groups in total. The van der Waals surface area contributed by atoms with E-state index in [1.54, 1.807) is 0 Å². The van der Waals surface area contributed by atoms with Gasteiger partial charge in [0.05, 0.1) is 38.6 Å². The molecular formula is C46H25N5O2. The zero-order valence-electron chi connectivity index (χ0n) is 28.0. The van der Waals surface area contributed by atoms with Crippen LogP contribution in [0.1, 0.15) is 5.56 Å². The van der Waals surface area contributed by atoms with Crippen molar-refractivity contribution >= 4 is 65.7 Å². The molecule has 0 aliphatic rings. The van der Waals surface area contributed by atoms with Crippen LogP contribution < -0.4 is 0 Å². The number of aromatic nitrogens is 4. The van der Waals surface area contributed by atoms with Crippen molar-refractivity contribution in [1.29, 1.82) is 5.26 Å². The second kappa shape index (κ2) is 11.2. The zero-order chi connectivity index (χ0) is 35.0. The molecule has 11 rings (SSSR count).